The van der Waals surface area contributed by atoms with E-state index in [1.807, 2.05) is 6.92 Å². The van der Waals surface area contributed by atoms with Crippen molar-refractivity contribution in [2.24, 2.45) is 0 Å². The third kappa shape index (κ3) is 9.29. The van der Waals surface area contributed by atoms with Crippen LogP contribution >= 0.6 is 0 Å². The normalized spacial score (nSPS) is 10.1. The van der Waals surface area contributed by atoms with E-state index in [0.717, 1.165) is 5.75 Å². The van der Waals surface area contributed by atoms with Crippen molar-refractivity contribution in [1.82, 2.24) is 0 Å². The molecule has 2 rings (SSSR count). The molecule has 0 atom stereocenters. The molecule has 2 aromatic rings. The number of esters is 1. The minimum Gasteiger partial charge on any atom is -0.494 e. The van der Waals surface area contributed by atoms with Crippen molar-refractivity contribution in [3.63, 3.8) is 0 Å². The summed E-state index contributed by atoms with van der Waals surface area (Å²) in [5, 5.41) is 7.95. The first-order valence-electron chi connectivity index (χ1n) is 10.2. The molecule has 0 saturated carbocycles. The van der Waals surface area contributed by atoms with Gasteiger partial charge in [-0.1, -0.05) is 0 Å². The van der Waals surface area contributed by atoms with E-state index in [1.165, 1.54) is 6.92 Å². The second-order valence-electron chi connectivity index (χ2n) is 6.83. The van der Waals surface area contributed by atoms with E-state index in [2.05, 4.69) is 16.0 Å². The van der Waals surface area contributed by atoms with E-state index in [1.54, 1.807) is 48.5 Å². The predicted octanol–water partition coefficient (Wildman–Crippen LogP) is 3.33. The maximum Gasteiger partial charge on any atom is 0.306 e. The van der Waals surface area contributed by atoms with Gasteiger partial charge in [-0.15, -0.1) is 0 Å². The van der Waals surface area contributed by atoms with Crippen LogP contribution in [0.5, 0.6) is 5.75 Å². The Hall–Kier alpha value is -3.88. The maximum atomic E-state index is 12.0. The first-order valence-corrected chi connectivity index (χ1v) is 10.2. The molecule has 170 valence electrons. The van der Waals surface area contributed by atoms with Crippen molar-refractivity contribution in [3.05, 3.63) is 48.5 Å². The second kappa shape index (κ2) is 12.7. The molecule has 3 N–H and O–H groups in total. The highest BCUT2D eigenvalue weighted by atomic mass is 16.5. The molecule has 0 heterocycles. The van der Waals surface area contributed by atoms with Crippen LogP contribution in [0.2, 0.25) is 0 Å². The van der Waals surface area contributed by atoms with Gasteiger partial charge in [0.05, 0.1) is 6.61 Å². The number of rotatable bonds is 11. The van der Waals surface area contributed by atoms with E-state index in [9.17, 15) is 19.2 Å². The molecule has 9 heteroatoms. The van der Waals surface area contributed by atoms with Crippen molar-refractivity contribution in [3.8, 4) is 5.75 Å². The summed E-state index contributed by atoms with van der Waals surface area (Å²) in [6.07, 6.45) is 0.471. The van der Waals surface area contributed by atoms with Gasteiger partial charge in [-0.25, -0.2) is 0 Å². The summed E-state index contributed by atoms with van der Waals surface area (Å²) >= 11 is 0. The summed E-state index contributed by atoms with van der Waals surface area (Å²) < 4.78 is 10.3. The van der Waals surface area contributed by atoms with Crippen LogP contribution in [0, 0.1) is 0 Å². The van der Waals surface area contributed by atoms with Gasteiger partial charge < -0.3 is 25.4 Å². The van der Waals surface area contributed by atoms with E-state index in [0.29, 0.717) is 30.1 Å². The highest BCUT2D eigenvalue weighted by Gasteiger charge is 2.10. The van der Waals surface area contributed by atoms with E-state index >= 15 is 0 Å². The smallest absolute Gasteiger partial charge is 0.306 e. The summed E-state index contributed by atoms with van der Waals surface area (Å²) in [6.45, 7) is 3.43. The molecule has 0 fully saturated rings. The molecule has 0 spiro atoms. The Morgan fingerprint density at radius 1 is 0.750 bits per heavy atom. The molecule has 32 heavy (non-hydrogen) atoms. The average Bonchev–Trinajstić information content (AvgIpc) is 2.75. The zero-order valence-corrected chi connectivity index (χ0v) is 18.1. The standard InChI is InChI=1S/C23H27N3O6/c1-3-31-20-13-11-19(12-14-20)25-21(28)5-4-6-23(30)32-15-22(29)26-18-9-7-17(8-10-18)24-16(2)27/h7-14H,3-6,15H2,1-2H3,(H,24,27)(H,25,28)(H,26,29). The van der Waals surface area contributed by atoms with Crippen molar-refractivity contribution < 1.29 is 28.7 Å². The molecule has 0 bridgehead atoms. The monoisotopic (exact) mass is 441 g/mol. The van der Waals surface area contributed by atoms with Gasteiger partial charge in [-0.05, 0) is 61.9 Å². The zero-order valence-electron chi connectivity index (χ0n) is 18.1. The fourth-order valence-corrected chi connectivity index (χ4v) is 2.67. The molecule has 0 unspecified atom stereocenters. The lowest BCUT2D eigenvalue weighted by Crippen LogP contribution is -2.21. The van der Waals surface area contributed by atoms with Gasteiger partial charge >= 0.3 is 5.97 Å². The fourth-order valence-electron chi connectivity index (χ4n) is 2.67. The number of hydrogen-bond donors (Lipinski definition) is 3. The Balaban J connectivity index is 1.62. The lowest BCUT2D eigenvalue weighted by atomic mass is 10.2. The van der Waals surface area contributed by atoms with Crippen molar-refractivity contribution >= 4 is 40.8 Å². The van der Waals surface area contributed by atoms with Crippen LogP contribution in [-0.4, -0.2) is 36.9 Å². The van der Waals surface area contributed by atoms with Gasteiger partial charge in [-0.3, -0.25) is 19.2 Å². The fraction of sp³-hybridized carbons (Fsp3) is 0.304. The highest BCUT2D eigenvalue weighted by Crippen LogP contribution is 2.16. The van der Waals surface area contributed by atoms with Crippen LogP contribution in [0.1, 0.15) is 33.1 Å². The lowest BCUT2D eigenvalue weighted by Gasteiger charge is -2.08. The van der Waals surface area contributed by atoms with Gasteiger partial charge in [0, 0.05) is 36.8 Å². The Labute approximate surface area is 186 Å². The summed E-state index contributed by atoms with van der Waals surface area (Å²) in [4.78, 5) is 46.7. The predicted molar refractivity (Wildman–Crippen MR) is 120 cm³/mol. The summed E-state index contributed by atoms with van der Waals surface area (Å²) in [7, 11) is 0. The second-order valence-corrected chi connectivity index (χ2v) is 6.83. The molecule has 0 aliphatic heterocycles. The largest absolute Gasteiger partial charge is 0.494 e. The first kappa shape index (κ1) is 24.4. The molecule has 0 saturated heterocycles. The summed E-state index contributed by atoms with van der Waals surface area (Å²) in [6, 6.07) is 13.5. The quantitative estimate of drug-likeness (QED) is 0.460. The van der Waals surface area contributed by atoms with E-state index in [-0.39, 0.29) is 24.7 Å². The first-order chi connectivity index (χ1) is 15.4. The van der Waals surface area contributed by atoms with Gasteiger partial charge in [0.25, 0.3) is 5.91 Å². The van der Waals surface area contributed by atoms with Crippen LogP contribution in [0.3, 0.4) is 0 Å². The van der Waals surface area contributed by atoms with Crippen LogP contribution < -0.4 is 20.7 Å². The third-order valence-corrected chi connectivity index (χ3v) is 4.09. The Kier molecular flexibility index (Phi) is 9.70. The van der Waals surface area contributed by atoms with Crippen LogP contribution in [0.25, 0.3) is 0 Å². The highest BCUT2D eigenvalue weighted by molar-refractivity contribution is 5.94. The number of benzene rings is 2. The number of nitrogens with one attached hydrogen (secondary N) is 3. The van der Waals surface area contributed by atoms with Crippen LogP contribution in [-0.2, 0) is 23.9 Å². The number of hydrogen-bond acceptors (Lipinski definition) is 6. The average molecular weight is 441 g/mol. The SMILES string of the molecule is CCOc1ccc(NC(=O)CCCC(=O)OCC(=O)Nc2ccc(NC(C)=O)cc2)cc1. The van der Waals surface area contributed by atoms with Gasteiger partial charge in [0.1, 0.15) is 5.75 Å². The van der Waals surface area contributed by atoms with Crippen LogP contribution in [0.4, 0.5) is 17.1 Å². The zero-order chi connectivity index (χ0) is 23.3. The number of amides is 3. The molecule has 3 amide bonds. The number of carbonyl (C=O) groups excluding carboxylic acids is 4. The third-order valence-electron chi connectivity index (χ3n) is 4.09. The van der Waals surface area contributed by atoms with Gasteiger partial charge in [0.2, 0.25) is 11.8 Å². The molecule has 0 aliphatic rings. The van der Waals surface area contributed by atoms with E-state index in [4.69, 9.17) is 9.47 Å². The Morgan fingerprint density at radius 3 is 1.84 bits per heavy atom. The topological polar surface area (TPSA) is 123 Å². The molecule has 0 aromatic heterocycles. The van der Waals surface area contributed by atoms with Crippen molar-refractivity contribution in [1.29, 1.82) is 0 Å². The van der Waals surface area contributed by atoms with E-state index < -0.39 is 18.5 Å². The number of ether oxygens (including phenoxy) is 2. The molecule has 0 aliphatic carbocycles. The minimum atomic E-state index is -0.560. The maximum absolute atomic E-state index is 12.0. The van der Waals surface area contributed by atoms with Crippen LogP contribution in [0.15, 0.2) is 48.5 Å². The Morgan fingerprint density at radius 2 is 1.28 bits per heavy atom. The number of carbonyl (C=O) groups is 4. The molecule has 9 nitrogen and oxygen atoms in total. The number of anilines is 3. The molecular formula is C23H27N3O6. The molecular weight excluding hydrogens is 414 g/mol. The molecule has 0 radical (unpaired) electrons. The van der Waals surface area contributed by atoms with Crippen molar-refractivity contribution in [2.45, 2.75) is 33.1 Å². The Bertz CT molecular complexity index is 926. The van der Waals surface area contributed by atoms with Crippen molar-refractivity contribution in [2.75, 3.05) is 29.2 Å². The lowest BCUT2D eigenvalue weighted by molar-refractivity contribution is -0.147. The van der Waals surface area contributed by atoms with Gasteiger partial charge in [-0.2, -0.15) is 0 Å². The van der Waals surface area contributed by atoms with Gasteiger partial charge in [0.15, 0.2) is 6.61 Å². The summed E-state index contributed by atoms with van der Waals surface area (Å²) in [5.74, 6) is -0.738. The minimum absolute atomic E-state index is 0.0232. The summed E-state index contributed by atoms with van der Waals surface area (Å²) in [5.41, 5.74) is 1.75. The molecule has 2 aromatic carbocycles.